The second kappa shape index (κ2) is 27.9. The smallest absolute Gasteiger partial charge is 0.351 e. The van der Waals surface area contributed by atoms with Gasteiger partial charge in [-0.25, -0.2) is 23.5 Å². The molecule has 5 heterocycles. The number of benzene rings is 8. The van der Waals surface area contributed by atoms with E-state index in [4.69, 9.17) is 27.5 Å². The lowest BCUT2D eigenvalue weighted by Gasteiger charge is -2.18. The zero-order valence-corrected chi connectivity index (χ0v) is 53.3. The van der Waals surface area contributed by atoms with Gasteiger partial charge in [-0.1, -0.05) is 62.4 Å². The second-order valence-electron chi connectivity index (χ2n) is 22.9. The summed E-state index contributed by atoms with van der Waals surface area (Å²) in [5.41, 5.74) is 13.1. The fraction of sp³-hybridized carbons (Fsp3) is 0.227. The first-order valence-corrected chi connectivity index (χ1v) is 30.4. The SMILES string of the molecule is C1CCOC1.CC.CC(=O)c1cc2ccc(CNc3ccc(-c4c5ccc(=[N+](C)C)cc-5oc5cc(N(C)C)ccc45)cc3)cc2oc1=O.CN(C)c1ccc2c(-c3ccc(NCc4ccc5cc(C(=O)O)c(=O)oc5c4)cc3)c3ccc(=[N+](C)C)cc-3oc2c1. The first kappa shape index (κ1) is 63.4. The van der Waals surface area contributed by atoms with Gasteiger partial charge in [-0.15, -0.1) is 0 Å². The molecule has 1 fully saturated rings. The average Bonchev–Trinajstić information content (AvgIpc) is 0.798. The summed E-state index contributed by atoms with van der Waals surface area (Å²) in [6.07, 6.45) is 2.56. The van der Waals surface area contributed by atoms with E-state index < -0.39 is 17.2 Å². The van der Waals surface area contributed by atoms with Crippen molar-refractivity contribution in [2.75, 3.05) is 90.0 Å². The van der Waals surface area contributed by atoms with E-state index in [9.17, 15) is 19.2 Å². The molecule has 3 aliphatic heterocycles. The third-order valence-corrected chi connectivity index (χ3v) is 15.8. The molecule has 0 saturated carbocycles. The summed E-state index contributed by atoms with van der Waals surface area (Å²) in [7, 11) is 16.2. The number of nitrogens with zero attached hydrogens (tertiary/aromatic N) is 4. The van der Waals surface area contributed by atoms with Crippen molar-refractivity contribution in [1.29, 1.82) is 0 Å². The standard InChI is InChI=1S/C35H31N3O4.C34H29N3O5.C4H8O.C2H6/c1-21(39)30-17-24-7-6-22(16-31(24)42-35(30)40)20-36-25-10-8-23(9-11-25)34-28-14-12-26(37(2)3)18-32(28)41-33-19-27(38(4)5)13-15-29(33)34;1-36(2)24-11-13-26-30(17-24)41-31-18-25(37(3)4)12-14-27(31)32(26)21-7-9-23(10-8-21)35-19-20-5-6-22-16-28(33(38)39)34(40)42-29(22)15-20;1-2-4-5-3-1;1-2/h6-19H,20H2,1-5H3;5-18H,19H2,1-4H3,(H,38,39);1-4H2;1-2H3/p+2. The fourth-order valence-corrected chi connectivity index (χ4v) is 10.8. The number of ketones is 1. The Kier molecular flexibility index (Phi) is 19.4. The molecule has 3 N–H and O–H groups in total. The first-order valence-electron chi connectivity index (χ1n) is 30.4. The van der Waals surface area contributed by atoms with Gasteiger partial charge in [-0.2, -0.15) is 0 Å². The number of ether oxygens (including phenoxy) is 1. The summed E-state index contributed by atoms with van der Waals surface area (Å²) in [5.74, 6) is 0.0464. The molecule has 0 bridgehead atoms. The molecule has 2 aliphatic carbocycles. The maximum absolute atomic E-state index is 12.2. The van der Waals surface area contributed by atoms with Crippen molar-refractivity contribution >= 4 is 78.4 Å². The molecule has 8 aromatic rings. The summed E-state index contributed by atoms with van der Waals surface area (Å²) in [6.45, 7) is 8.40. The number of carbonyl (C=O) groups excluding carboxylic acids is 1. The predicted molar refractivity (Wildman–Crippen MR) is 367 cm³/mol. The van der Waals surface area contributed by atoms with Gasteiger partial charge in [0.2, 0.25) is 10.7 Å². The quantitative estimate of drug-likeness (QED) is 0.0454. The molecule has 0 atom stereocenters. The Labute approximate surface area is 527 Å². The number of carboxylic acids is 1. The molecule has 0 unspecified atom stereocenters. The maximum Gasteiger partial charge on any atom is 0.351 e. The van der Waals surface area contributed by atoms with Gasteiger partial charge in [0, 0.05) is 145 Å². The lowest BCUT2D eigenvalue weighted by Crippen LogP contribution is -2.21. The summed E-state index contributed by atoms with van der Waals surface area (Å²) >= 11 is 0. The summed E-state index contributed by atoms with van der Waals surface area (Å²) in [6, 6.07) is 55.9. The van der Waals surface area contributed by atoms with Crippen LogP contribution >= 0.6 is 0 Å². The molecule has 16 nitrogen and oxygen atoms in total. The zero-order chi connectivity index (χ0) is 64.6. The number of fused-ring (bicyclic) bond motifs is 6. The van der Waals surface area contributed by atoms with E-state index in [1.165, 1.54) is 25.8 Å². The molecule has 0 spiro atoms. The Morgan fingerprint density at radius 2 is 0.901 bits per heavy atom. The first-order chi connectivity index (χ1) is 43.8. The van der Waals surface area contributed by atoms with Crippen LogP contribution in [0.2, 0.25) is 0 Å². The number of nitrogens with one attached hydrogen (secondary N) is 2. The van der Waals surface area contributed by atoms with Crippen LogP contribution < -0.4 is 51.6 Å². The van der Waals surface area contributed by atoms with Crippen LogP contribution in [0, 0.1) is 0 Å². The van der Waals surface area contributed by atoms with E-state index in [1.807, 2.05) is 107 Å². The minimum atomic E-state index is -1.30. The molecule has 0 radical (unpaired) electrons. The molecule has 2 aromatic heterocycles. The highest BCUT2D eigenvalue weighted by molar-refractivity contribution is 6.04. The predicted octanol–water partition coefficient (Wildman–Crippen LogP) is 13.8. The van der Waals surface area contributed by atoms with Crippen molar-refractivity contribution in [1.82, 2.24) is 9.15 Å². The van der Waals surface area contributed by atoms with Crippen LogP contribution in [-0.2, 0) is 17.8 Å². The molecule has 91 heavy (non-hydrogen) atoms. The van der Waals surface area contributed by atoms with Crippen molar-refractivity contribution in [3.05, 3.63) is 224 Å². The van der Waals surface area contributed by atoms with Crippen LogP contribution in [0.4, 0.5) is 22.7 Å². The van der Waals surface area contributed by atoms with E-state index in [0.29, 0.717) is 29.6 Å². The molecule has 1 saturated heterocycles. The van der Waals surface area contributed by atoms with Crippen molar-refractivity contribution in [3.63, 3.8) is 0 Å². The van der Waals surface area contributed by atoms with Crippen molar-refractivity contribution in [2.24, 2.45) is 0 Å². The van der Waals surface area contributed by atoms with Gasteiger partial charge in [0.05, 0.1) is 12.1 Å². The molecule has 5 aliphatic rings. The van der Waals surface area contributed by atoms with Gasteiger partial charge in [-0.3, -0.25) is 4.79 Å². The number of carboxylic acid groups (broad SMARTS) is 1. The molecule has 16 heteroatoms. The number of anilines is 4. The van der Waals surface area contributed by atoms with Crippen molar-refractivity contribution in [3.8, 4) is 44.9 Å². The topological polar surface area (TPSA) is 187 Å². The normalized spacial score (nSPS) is 11.8. The highest BCUT2D eigenvalue weighted by Crippen LogP contribution is 2.43. The molecule has 464 valence electrons. The van der Waals surface area contributed by atoms with Crippen LogP contribution in [-0.4, -0.2) is 86.5 Å². The highest BCUT2D eigenvalue weighted by atomic mass is 16.5. The van der Waals surface area contributed by atoms with Crippen LogP contribution in [0.25, 0.3) is 88.8 Å². The van der Waals surface area contributed by atoms with E-state index in [-0.39, 0.29) is 16.9 Å². The Morgan fingerprint density at radius 1 is 0.484 bits per heavy atom. The summed E-state index contributed by atoms with van der Waals surface area (Å²) in [4.78, 5) is 51.2. The lowest BCUT2D eigenvalue weighted by atomic mass is 9.93. The monoisotopic (exact) mass is 1220 g/mol. The fourth-order valence-electron chi connectivity index (χ4n) is 10.8. The van der Waals surface area contributed by atoms with Crippen LogP contribution in [0.1, 0.15) is 65.5 Å². The molecular weight excluding hydrogens is 1140 g/mol. The molecule has 13 rings (SSSR count). The summed E-state index contributed by atoms with van der Waals surface area (Å²) < 4.78 is 32.6. The molecule has 0 amide bonds. The Morgan fingerprint density at radius 3 is 1.27 bits per heavy atom. The average molecular weight is 1220 g/mol. The van der Waals surface area contributed by atoms with Gasteiger partial charge >= 0.3 is 17.2 Å². The third kappa shape index (κ3) is 14.3. The third-order valence-electron chi connectivity index (χ3n) is 15.8. The van der Waals surface area contributed by atoms with Gasteiger partial charge < -0.3 is 47.9 Å². The Balaban J connectivity index is 0.000000181. The van der Waals surface area contributed by atoms with Gasteiger partial charge in [0.1, 0.15) is 73.2 Å². The Hall–Kier alpha value is -10.6. The largest absolute Gasteiger partial charge is 0.477 e. The van der Waals surface area contributed by atoms with Gasteiger partial charge in [0.15, 0.2) is 5.78 Å². The maximum atomic E-state index is 12.2. The number of aromatic carboxylic acids is 1. The van der Waals surface area contributed by atoms with E-state index in [2.05, 4.69) is 139 Å². The Bertz CT molecular complexity index is 4560. The second-order valence-corrected chi connectivity index (χ2v) is 22.9. The molecule has 6 aromatic carbocycles. The molecular formula is C75H76N6O10+2. The van der Waals surface area contributed by atoms with Crippen LogP contribution in [0.5, 0.6) is 0 Å². The van der Waals surface area contributed by atoms with Crippen molar-refractivity contribution in [2.45, 2.75) is 46.7 Å². The van der Waals surface area contributed by atoms with Crippen LogP contribution in [0.3, 0.4) is 0 Å². The number of rotatable bonds is 12. The summed E-state index contributed by atoms with van der Waals surface area (Å²) in [5, 5.41) is 21.6. The zero-order valence-electron chi connectivity index (χ0n) is 53.3. The minimum absolute atomic E-state index is 0.0670. The minimum Gasteiger partial charge on any atom is -0.477 e. The number of hydrogen-bond acceptors (Lipinski definition) is 13. The number of carbonyl (C=O) groups is 2. The van der Waals surface area contributed by atoms with Gasteiger partial charge in [-0.05, 0) is 127 Å². The van der Waals surface area contributed by atoms with E-state index >= 15 is 0 Å². The number of Topliss-reactive ketones (excluding diaryl/α,β-unsaturated/α-hetero) is 1. The van der Waals surface area contributed by atoms with E-state index in [0.717, 1.165) is 130 Å². The van der Waals surface area contributed by atoms with Crippen molar-refractivity contribution < 1.29 is 37.1 Å². The van der Waals surface area contributed by atoms with E-state index in [1.54, 1.807) is 18.2 Å². The van der Waals surface area contributed by atoms with Crippen LogP contribution in [0.15, 0.2) is 197 Å². The highest BCUT2D eigenvalue weighted by Gasteiger charge is 2.22. The lowest BCUT2D eigenvalue weighted by molar-refractivity contribution is 0.0692. The van der Waals surface area contributed by atoms with Gasteiger partial charge in [0.25, 0.3) is 0 Å². The number of hydrogen-bond donors (Lipinski definition) is 3.